The van der Waals surface area contributed by atoms with Crippen LogP contribution in [0.5, 0.6) is 0 Å². The lowest BCUT2D eigenvalue weighted by molar-refractivity contribution is 0.0925. The van der Waals surface area contributed by atoms with Crippen molar-refractivity contribution in [2.75, 3.05) is 0 Å². The second-order valence-electron chi connectivity index (χ2n) is 6.66. The number of carbonyl (C=O) groups excluding carboxylic acids is 1. The number of amides is 1. The first kappa shape index (κ1) is 18.1. The lowest BCUT2D eigenvalue weighted by Crippen LogP contribution is -2.31. The van der Waals surface area contributed by atoms with Gasteiger partial charge >= 0.3 is 0 Å². The summed E-state index contributed by atoms with van der Waals surface area (Å²) in [7, 11) is 1.62. The molecule has 2 aromatic carbocycles. The van der Waals surface area contributed by atoms with Gasteiger partial charge in [-0.3, -0.25) is 14.2 Å². The zero-order valence-corrected chi connectivity index (χ0v) is 15.8. The van der Waals surface area contributed by atoms with Gasteiger partial charge in [0.2, 0.25) is 0 Å². The Hall–Kier alpha value is -2.73. The highest BCUT2D eigenvalue weighted by Crippen LogP contribution is 2.22. The van der Waals surface area contributed by atoms with E-state index in [-0.39, 0.29) is 23.4 Å². The number of fused-ring (bicyclic) bond motifs is 1. The van der Waals surface area contributed by atoms with Crippen LogP contribution in [-0.4, -0.2) is 15.5 Å². The number of carbonyl (C=O) groups is 1. The van der Waals surface area contributed by atoms with Gasteiger partial charge in [-0.25, -0.2) is 0 Å². The van der Waals surface area contributed by atoms with Gasteiger partial charge < -0.3 is 10.3 Å². The van der Waals surface area contributed by atoms with Crippen LogP contribution in [-0.2, 0) is 7.05 Å². The second kappa shape index (κ2) is 7.25. The molecule has 1 heterocycles. The summed E-state index contributed by atoms with van der Waals surface area (Å²) in [6, 6.07) is 14.8. The molecule has 0 aliphatic rings. The Morgan fingerprint density at radius 1 is 1.15 bits per heavy atom. The molecule has 0 bridgehead atoms. The van der Waals surface area contributed by atoms with Gasteiger partial charge in [0, 0.05) is 12.6 Å². The first-order valence-corrected chi connectivity index (χ1v) is 8.88. The second-order valence-corrected chi connectivity index (χ2v) is 7.05. The third-order valence-electron chi connectivity index (χ3n) is 4.47. The molecule has 0 saturated carbocycles. The molecule has 1 amide bonds. The van der Waals surface area contributed by atoms with Gasteiger partial charge in [0.25, 0.3) is 11.5 Å². The molecule has 0 aliphatic heterocycles. The third kappa shape index (κ3) is 3.46. The van der Waals surface area contributed by atoms with E-state index in [9.17, 15) is 9.59 Å². The van der Waals surface area contributed by atoms with Crippen LogP contribution in [0.4, 0.5) is 0 Å². The number of rotatable bonds is 4. The number of benzene rings is 2. The fourth-order valence-electron chi connectivity index (χ4n) is 2.97. The zero-order valence-electron chi connectivity index (χ0n) is 14.9. The highest BCUT2D eigenvalue weighted by atomic mass is 32.1. The molecule has 134 valence electrons. The van der Waals surface area contributed by atoms with Crippen LogP contribution in [0.15, 0.2) is 53.3 Å². The van der Waals surface area contributed by atoms with Crippen molar-refractivity contribution in [3.05, 3.63) is 74.8 Å². The van der Waals surface area contributed by atoms with Gasteiger partial charge in [0.05, 0.1) is 16.9 Å². The van der Waals surface area contributed by atoms with Crippen LogP contribution < -0.4 is 10.9 Å². The molecule has 1 aromatic heterocycles. The Morgan fingerprint density at radius 3 is 2.50 bits per heavy atom. The number of aromatic nitrogens is 2. The van der Waals surface area contributed by atoms with Gasteiger partial charge in [-0.05, 0) is 41.9 Å². The van der Waals surface area contributed by atoms with E-state index < -0.39 is 0 Å². The van der Waals surface area contributed by atoms with Crippen LogP contribution in [0.3, 0.4) is 0 Å². The van der Waals surface area contributed by atoms with E-state index in [1.165, 1.54) is 4.57 Å². The molecule has 2 N–H and O–H groups in total. The Bertz CT molecular complexity index is 1070. The lowest BCUT2D eigenvalue weighted by Gasteiger charge is -2.23. The maximum Gasteiger partial charge on any atom is 0.261 e. The first-order chi connectivity index (χ1) is 12.4. The Balaban J connectivity index is 1.95. The molecule has 0 saturated heterocycles. The number of hydrogen-bond acceptors (Lipinski definition) is 3. The Labute approximate surface area is 156 Å². The third-order valence-corrected chi connectivity index (χ3v) is 4.85. The number of H-pyrrole nitrogens is 1. The Morgan fingerprint density at radius 2 is 1.85 bits per heavy atom. The predicted molar refractivity (Wildman–Crippen MR) is 106 cm³/mol. The SMILES string of the molecule is CC(C)C(NC(=O)c1ccc2c(=O)n(C)c(=S)[nH]c2c1)c1ccccc1. The Kier molecular flexibility index (Phi) is 5.04. The van der Waals surface area contributed by atoms with Gasteiger partial charge in [-0.15, -0.1) is 0 Å². The summed E-state index contributed by atoms with van der Waals surface area (Å²) in [6.07, 6.45) is 0. The van der Waals surface area contributed by atoms with Gasteiger partial charge in [0.15, 0.2) is 4.77 Å². The van der Waals surface area contributed by atoms with Crippen LogP contribution >= 0.6 is 12.2 Å². The summed E-state index contributed by atoms with van der Waals surface area (Å²) in [5.41, 5.74) is 1.93. The van der Waals surface area contributed by atoms with E-state index in [2.05, 4.69) is 24.1 Å². The molecule has 5 nitrogen and oxygen atoms in total. The molecular formula is C20H21N3O2S. The van der Waals surface area contributed by atoms with Crippen LogP contribution in [0, 0.1) is 10.7 Å². The lowest BCUT2D eigenvalue weighted by atomic mass is 9.95. The maximum atomic E-state index is 12.8. The van der Waals surface area contributed by atoms with Crippen molar-refractivity contribution in [2.24, 2.45) is 13.0 Å². The van der Waals surface area contributed by atoms with Gasteiger partial charge in [0.1, 0.15) is 0 Å². The molecule has 0 aliphatic carbocycles. The minimum Gasteiger partial charge on any atom is -0.345 e. The fourth-order valence-corrected chi connectivity index (χ4v) is 3.16. The molecule has 6 heteroatoms. The predicted octanol–water partition coefficient (Wildman–Crippen LogP) is 3.72. The highest BCUT2D eigenvalue weighted by Gasteiger charge is 2.19. The minimum atomic E-state index is -0.186. The standard InChI is InChI=1S/C20H21N3O2S/c1-12(2)17(13-7-5-4-6-8-13)22-18(24)14-9-10-15-16(11-14)21-20(26)23(3)19(15)25/h4-12,17H,1-3H3,(H,21,26)(H,22,24). The number of nitrogens with zero attached hydrogens (tertiary/aromatic N) is 1. The summed E-state index contributed by atoms with van der Waals surface area (Å²) in [4.78, 5) is 28.0. The topological polar surface area (TPSA) is 66.9 Å². The molecule has 3 aromatic rings. The van der Waals surface area contributed by atoms with Crippen LogP contribution in [0.25, 0.3) is 10.9 Å². The maximum absolute atomic E-state index is 12.8. The summed E-state index contributed by atoms with van der Waals surface area (Å²) in [5.74, 6) is 0.0503. The molecular weight excluding hydrogens is 346 g/mol. The monoisotopic (exact) mass is 367 g/mol. The summed E-state index contributed by atoms with van der Waals surface area (Å²) < 4.78 is 1.70. The molecule has 0 radical (unpaired) electrons. The van der Waals surface area contributed by atoms with Crippen molar-refractivity contribution < 1.29 is 4.79 Å². The number of hydrogen-bond donors (Lipinski definition) is 2. The molecule has 0 spiro atoms. The minimum absolute atomic E-state index is 0.0958. The summed E-state index contributed by atoms with van der Waals surface area (Å²) in [5, 5.41) is 3.59. The van der Waals surface area contributed by atoms with E-state index in [1.807, 2.05) is 30.3 Å². The molecule has 0 fully saturated rings. The average Bonchev–Trinajstić information content (AvgIpc) is 2.64. The van der Waals surface area contributed by atoms with Crippen molar-refractivity contribution in [3.63, 3.8) is 0 Å². The van der Waals surface area contributed by atoms with Crippen LogP contribution in [0.1, 0.15) is 35.8 Å². The largest absolute Gasteiger partial charge is 0.345 e. The number of nitrogens with one attached hydrogen (secondary N) is 2. The van der Waals surface area contributed by atoms with Gasteiger partial charge in [-0.1, -0.05) is 44.2 Å². The van der Waals surface area contributed by atoms with Crippen molar-refractivity contribution in [1.82, 2.24) is 14.9 Å². The normalized spacial score (nSPS) is 12.3. The van der Waals surface area contributed by atoms with Crippen molar-refractivity contribution in [3.8, 4) is 0 Å². The number of aromatic amines is 1. The smallest absolute Gasteiger partial charge is 0.261 e. The van der Waals surface area contributed by atoms with E-state index >= 15 is 0 Å². The van der Waals surface area contributed by atoms with Crippen molar-refractivity contribution in [1.29, 1.82) is 0 Å². The van der Waals surface area contributed by atoms with Crippen LogP contribution in [0.2, 0.25) is 0 Å². The quantitative estimate of drug-likeness (QED) is 0.691. The average molecular weight is 367 g/mol. The van der Waals surface area contributed by atoms with E-state index in [0.717, 1.165) is 5.56 Å². The molecule has 1 atom stereocenters. The summed E-state index contributed by atoms with van der Waals surface area (Å²) >= 11 is 5.15. The first-order valence-electron chi connectivity index (χ1n) is 8.47. The van der Waals surface area contributed by atoms with Gasteiger partial charge in [-0.2, -0.15) is 0 Å². The van der Waals surface area contributed by atoms with Crippen molar-refractivity contribution >= 4 is 29.0 Å². The van der Waals surface area contributed by atoms with E-state index in [0.29, 0.717) is 21.2 Å². The van der Waals surface area contributed by atoms with E-state index in [4.69, 9.17) is 12.2 Å². The fraction of sp³-hybridized carbons (Fsp3) is 0.250. The molecule has 1 unspecified atom stereocenters. The summed E-state index contributed by atoms with van der Waals surface area (Å²) in [6.45, 7) is 4.14. The molecule has 26 heavy (non-hydrogen) atoms. The van der Waals surface area contributed by atoms with Crippen molar-refractivity contribution in [2.45, 2.75) is 19.9 Å². The molecule has 3 rings (SSSR count). The zero-order chi connectivity index (χ0) is 18.8. The highest BCUT2D eigenvalue weighted by molar-refractivity contribution is 7.71. The van der Waals surface area contributed by atoms with E-state index in [1.54, 1.807) is 25.2 Å².